The third kappa shape index (κ3) is 10.6. The molecule has 5 amide bonds. The number of pyridine rings is 1. The van der Waals surface area contributed by atoms with Crippen LogP contribution in [0.2, 0.25) is 0 Å². The highest BCUT2D eigenvalue weighted by molar-refractivity contribution is 7.91. The van der Waals surface area contributed by atoms with Gasteiger partial charge in [0.2, 0.25) is 27.7 Å². The first-order valence-electron chi connectivity index (χ1n) is 22.9. The lowest BCUT2D eigenvalue weighted by molar-refractivity contribution is -0.146. The average molecular weight is 913 g/mol. The number of methoxy groups -OCH3 is 1. The molecule has 2 saturated heterocycles. The maximum Gasteiger partial charge on any atom is 0.410 e. The number of piperazine rings is 1. The number of hydrogen-bond donors (Lipinski definition) is 2. The summed E-state index contributed by atoms with van der Waals surface area (Å²) in [5.74, 6) is -2.10. The van der Waals surface area contributed by atoms with Crippen molar-refractivity contribution in [1.82, 2.24) is 29.7 Å². The number of carbonyl (C=O) groups excluding carboxylic acids is 5. The van der Waals surface area contributed by atoms with Gasteiger partial charge in [-0.25, -0.2) is 18.2 Å². The molecule has 348 valence electrons. The van der Waals surface area contributed by atoms with E-state index in [2.05, 4.69) is 10.0 Å². The van der Waals surface area contributed by atoms with E-state index in [9.17, 15) is 27.6 Å². The fourth-order valence-electron chi connectivity index (χ4n) is 9.12. The summed E-state index contributed by atoms with van der Waals surface area (Å²) < 4.78 is 46.1. The monoisotopic (exact) mass is 912 g/mol. The molecule has 2 saturated carbocycles. The van der Waals surface area contributed by atoms with Gasteiger partial charge in [-0.1, -0.05) is 55.3 Å². The number of benzene rings is 2. The van der Waals surface area contributed by atoms with Gasteiger partial charge in [-0.3, -0.25) is 23.9 Å². The second-order valence-corrected chi connectivity index (χ2v) is 21.0. The van der Waals surface area contributed by atoms with Gasteiger partial charge in [0.15, 0.2) is 0 Å². The van der Waals surface area contributed by atoms with Crippen molar-refractivity contribution in [3.05, 3.63) is 66.7 Å². The van der Waals surface area contributed by atoms with E-state index in [1.165, 1.54) is 4.90 Å². The molecule has 2 aliphatic carbocycles. The zero-order valence-electron chi connectivity index (χ0n) is 37.6. The van der Waals surface area contributed by atoms with Gasteiger partial charge in [-0.15, -0.1) is 0 Å². The molecule has 3 aliphatic heterocycles. The van der Waals surface area contributed by atoms with E-state index in [1.54, 1.807) is 37.7 Å². The molecule has 0 radical (unpaired) electrons. The molecule has 3 aromatic rings. The largest absolute Gasteiger partial charge is 0.497 e. The Bertz CT molecular complexity index is 2450. The molecule has 65 heavy (non-hydrogen) atoms. The number of amides is 5. The van der Waals surface area contributed by atoms with Crippen LogP contribution in [0.1, 0.15) is 85.0 Å². The first-order chi connectivity index (χ1) is 31.0. The van der Waals surface area contributed by atoms with E-state index < -0.39 is 68.3 Å². The van der Waals surface area contributed by atoms with Crippen molar-refractivity contribution in [1.29, 1.82) is 0 Å². The minimum absolute atomic E-state index is 0.00933. The molecule has 0 spiro atoms. The van der Waals surface area contributed by atoms with Crippen LogP contribution in [0.3, 0.4) is 0 Å². The van der Waals surface area contributed by atoms with Crippen LogP contribution in [-0.2, 0) is 33.9 Å². The minimum atomic E-state index is -3.92. The molecule has 8 rings (SSSR count). The number of nitrogens with zero attached hydrogens (tertiary/aromatic N) is 4. The highest BCUT2D eigenvalue weighted by Crippen LogP contribution is 2.46. The lowest BCUT2D eigenvalue weighted by atomic mass is 9.94. The third-order valence-electron chi connectivity index (χ3n) is 13.0. The maximum absolute atomic E-state index is 15.1. The first kappa shape index (κ1) is 45.8. The third-order valence-corrected chi connectivity index (χ3v) is 14.8. The summed E-state index contributed by atoms with van der Waals surface area (Å²) in [4.78, 5) is 80.2. The van der Waals surface area contributed by atoms with Crippen LogP contribution in [0.4, 0.5) is 4.79 Å². The molecule has 0 unspecified atom stereocenters. The van der Waals surface area contributed by atoms with Crippen LogP contribution in [-0.4, -0.2) is 126 Å². The SMILES string of the molecule is COc1ccc2c(O[C@@H]3C[C@H]4C(=O)N[C@]5(C(=O)NS(=O)(=O)C6CC6)C[C@H]5C=CCCCCC[C@H](CC(=O)N5CCN(C(=O)OC(C)(C)C)CC5)C(=O)N4C3)cc(-c3ccccc3)nc2c1. The van der Waals surface area contributed by atoms with E-state index in [1.807, 2.05) is 66.7 Å². The molecule has 4 fully saturated rings. The number of allylic oxidation sites excluding steroid dienone is 1. The molecule has 5 aliphatic rings. The van der Waals surface area contributed by atoms with Gasteiger partial charge >= 0.3 is 6.09 Å². The topological polar surface area (TPSA) is 194 Å². The normalized spacial score (nSPS) is 25.4. The highest BCUT2D eigenvalue weighted by Gasteiger charge is 2.62. The van der Waals surface area contributed by atoms with E-state index in [0.717, 1.165) is 18.4 Å². The number of aromatic nitrogens is 1. The van der Waals surface area contributed by atoms with Crippen molar-refractivity contribution >= 4 is 50.6 Å². The van der Waals surface area contributed by atoms with Crippen LogP contribution >= 0.6 is 0 Å². The van der Waals surface area contributed by atoms with Crippen molar-refractivity contribution in [3.8, 4) is 22.8 Å². The van der Waals surface area contributed by atoms with Gasteiger partial charge in [0.1, 0.15) is 34.8 Å². The van der Waals surface area contributed by atoms with Gasteiger partial charge in [0.05, 0.1) is 30.1 Å². The fraction of sp³-hybridized carbons (Fsp3) is 0.542. The molecule has 5 atom stereocenters. The molecule has 17 heteroatoms. The van der Waals surface area contributed by atoms with Crippen LogP contribution in [0.25, 0.3) is 22.2 Å². The van der Waals surface area contributed by atoms with Crippen LogP contribution in [0, 0.1) is 11.8 Å². The standard InChI is InChI=1S/C48H60N6O10S/c1-47(2,3)64-46(59)53-23-21-52(22-24-53)42(55)25-32-15-9-6-5-7-12-16-33-29-48(33,45(58)51-65(60,61)36-18-19-36)50-43(56)40-27-35(30-54(40)44(32)57)63-41-28-38(31-13-10-8-11-14-31)49-39-26-34(62-4)17-20-37(39)41/h8,10-14,16-17,20,26,28,32-33,35-36,40H,5-7,9,15,18-19,21-25,27,29-30H2,1-4H3,(H,50,56)(H,51,58)/t32-,33-,35-,40+,48-/m1/s1. The number of nitrogens with one attached hydrogen (secondary N) is 2. The number of ether oxygens (including phenoxy) is 3. The van der Waals surface area contributed by atoms with Crippen molar-refractivity contribution < 1.29 is 46.6 Å². The predicted octanol–water partition coefficient (Wildman–Crippen LogP) is 5.35. The lowest BCUT2D eigenvalue weighted by Crippen LogP contribution is -2.57. The average Bonchev–Trinajstić information content (AvgIpc) is 4.21. The van der Waals surface area contributed by atoms with E-state index >= 15 is 4.79 Å². The summed E-state index contributed by atoms with van der Waals surface area (Å²) in [6.07, 6.45) is 7.15. The summed E-state index contributed by atoms with van der Waals surface area (Å²) in [6.45, 7) is 6.57. The van der Waals surface area contributed by atoms with Crippen molar-refractivity contribution in [2.75, 3.05) is 39.8 Å². The molecule has 2 N–H and O–H groups in total. The Kier molecular flexibility index (Phi) is 13.2. The number of hydrogen-bond acceptors (Lipinski definition) is 11. The fourth-order valence-corrected chi connectivity index (χ4v) is 10.5. The van der Waals surface area contributed by atoms with E-state index in [4.69, 9.17) is 19.2 Å². The van der Waals surface area contributed by atoms with Crippen LogP contribution in [0.5, 0.6) is 11.5 Å². The van der Waals surface area contributed by atoms with E-state index in [-0.39, 0.29) is 50.7 Å². The van der Waals surface area contributed by atoms with Gasteiger partial charge in [-0.2, -0.15) is 0 Å². The smallest absolute Gasteiger partial charge is 0.410 e. The van der Waals surface area contributed by atoms with Crippen molar-refractivity contribution in [2.45, 2.75) is 114 Å². The van der Waals surface area contributed by atoms with Crippen molar-refractivity contribution in [2.24, 2.45) is 11.8 Å². The summed E-state index contributed by atoms with van der Waals surface area (Å²) >= 11 is 0. The number of fused-ring (bicyclic) bond motifs is 3. The zero-order chi connectivity index (χ0) is 46.1. The number of carbonyl (C=O) groups is 5. The second-order valence-electron chi connectivity index (χ2n) is 19.0. The Morgan fingerprint density at radius 2 is 1.68 bits per heavy atom. The number of rotatable bonds is 9. The Morgan fingerprint density at radius 3 is 2.38 bits per heavy atom. The van der Waals surface area contributed by atoms with Crippen LogP contribution < -0.4 is 19.5 Å². The Balaban J connectivity index is 1.08. The van der Waals surface area contributed by atoms with Crippen LogP contribution in [0.15, 0.2) is 66.7 Å². The molecule has 1 aromatic heterocycles. The Hall–Kier alpha value is -5.71. The first-order valence-corrected chi connectivity index (χ1v) is 24.4. The molecule has 4 heterocycles. The quantitative estimate of drug-likeness (QED) is 0.263. The predicted molar refractivity (Wildman–Crippen MR) is 242 cm³/mol. The molecule has 16 nitrogen and oxygen atoms in total. The highest BCUT2D eigenvalue weighted by atomic mass is 32.2. The summed E-state index contributed by atoms with van der Waals surface area (Å²) in [6, 6.07) is 15.8. The van der Waals surface area contributed by atoms with Gasteiger partial charge in [0, 0.05) is 73.9 Å². The summed E-state index contributed by atoms with van der Waals surface area (Å²) in [5, 5.41) is 3.00. The molecular weight excluding hydrogens is 853 g/mol. The van der Waals surface area contributed by atoms with E-state index in [0.29, 0.717) is 73.3 Å². The Morgan fingerprint density at radius 1 is 0.938 bits per heavy atom. The summed E-state index contributed by atoms with van der Waals surface area (Å²) in [7, 11) is -2.35. The van der Waals surface area contributed by atoms with Gasteiger partial charge in [-0.05, 0) is 71.4 Å². The number of sulfonamides is 1. The lowest BCUT2D eigenvalue weighted by Gasteiger charge is -2.36. The van der Waals surface area contributed by atoms with Gasteiger partial charge in [0.25, 0.3) is 5.91 Å². The van der Waals surface area contributed by atoms with Crippen molar-refractivity contribution in [3.63, 3.8) is 0 Å². The maximum atomic E-state index is 15.1. The van der Waals surface area contributed by atoms with Gasteiger partial charge < -0.3 is 34.2 Å². The second kappa shape index (κ2) is 18.6. The molecular formula is C48H60N6O10S. The molecule has 2 aromatic carbocycles. The Labute approximate surface area is 380 Å². The zero-order valence-corrected chi connectivity index (χ0v) is 38.4. The summed E-state index contributed by atoms with van der Waals surface area (Å²) in [5.41, 5.74) is -0.0550. The molecule has 0 bridgehead atoms. The minimum Gasteiger partial charge on any atom is -0.497 e.